The molecule has 4 rings (SSSR count). The van der Waals surface area contributed by atoms with E-state index in [9.17, 15) is 4.79 Å². The molecule has 0 unspecified atom stereocenters. The van der Waals surface area contributed by atoms with Crippen molar-refractivity contribution in [1.82, 2.24) is 20.0 Å². The lowest BCUT2D eigenvalue weighted by atomic mass is 10.0. The Kier molecular flexibility index (Phi) is 4.24. The topological polar surface area (TPSA) is 50.2 Å². The Bertz CT molecular complexity index is 684. The molecule has 1 aromatic carbocycles. The number of hydrogen-bond donors (Lipinski definition) is 1. The number of likely N-dealkylation sites (tertiary alicyclic amines) is 1. The van der Waals surface area contributed by atoms with Gasteiger partial charge < -0.3 is 10.2 Å². The fourth-order valence-electron chi connectivity index (χ4n) is 4.04. The molecule has 1 aromatic heterocycles. The fraction of sp³-hybridized carbons (Fsp3) is 0.474. The molecule has 2 fully saturated rings. The van der Waals surface area contributed by atoms with Crippen LogP contribution in [0.3, 0.4) is 0 Å². The monoisotopic (exact) mass is 324 g/mol. The highest BCUT2D eigenvalue weighted by Crippen LogP contribution is 2.37. The normalized spacial score (nSPS) is 22.6. The Morgan fingerprint density at radius 3 is 2.62 bits per heavy atom. The molecule has 1 aliphatic heterocycles. The SMILES string of the molecule is O=C(NCc1ccn(Cc2ccccc2)n1)N1C[C@H]2CCC[C@H]2C1. The van der Waals surface area contributed by atoms with Crippen LogP contribution >= 0.6 is 0 Å². The van der Waals surface area contributed by atoms with E-state index in [-0.39, 0.29) is 6.03 Å². The third kappa shape index (κ3) is 3.30. The molecule has 2 atom stereocenters. The Labute approximate surface area is 142 Å². The second-order valence-electron chi connectivity index (χ2n) is 7.01. The number of fused-ring (bicyclic) bond motifs is 1. The lowest BCUT2D eigenvalue weighted by molar-refractivity contribution is 0.204. The largest absolute Gasteiger partial charge is 0.332 e. The number of benzene rings is 1. The Morgan fingerprint density at radius 1 is 1.12 bits per heavy atom. The van der Waals surface area contributed by atoms with Gasteiger partial charge in [0.1, 0.15) is 0 Å². The quantitative estimate of drug-likeness (QED) is 0.940. The molecule has 1 saturated carbocycles. The van der Waals surface area contributed by atoms with E-state index in [1.54, 1.807) is 0 Å². The Balaban J connectivity index is 1.28. The minimum atomic E-state index is 0.0574. The van der Waals surface area contributed by atoms with Gasteiger partial charge in [0.25, 0.3) is 0 Å². The molecule has 126 valence electrons. The number of carbonyl (C=O) groups excluding carboxylic acids is 1. The van der Waals surface area contributed by atoms with Crippen molar-refractivity contribution < 1.29 is 4.79 Å². The number of nitrogens with one attached hydrogen (secondary N) is 1. The van der Waals surface area contributed by atoms with Crippen molar-refractivity contribution in [2.75, 3.05) is 13.1 Å². The molecule has 0 bridgehead atoms. The summed E-state index contributed by atoms with van der Waals surface area (Å²) in [5.41, 5.74) is 2.12. The highest BCUT2D eigenvalue weighted by molar-refractivity contribution is 5.74. The first-order valence-corrected chi connectivity index (χ1v) is 8.87. The van der Waals surface area contributed by atoms with E-state index < -0.39 is 0 Å². The van der Waals surface area contributed by atoms with Crippen LogP contribution in [-0.2, 0) is 13.1 Å². The van der Waals surface area contributed by atoms with Gasteiger partial charge in [-0.1, -0.05) is 36.8 Å². The van der Waals surface area contributed by atoms with Gasteiger partial charge in [-0.3, -0.25) is 4.68 Å². The van der Waals surface area contributed by atoms with Crippen LogP contribution in [-0.4, -0.2) is 33.8 Å². The third-order valence-electron chi connectivity index (χ3n) is 5.32. The van der Waals surface area contributed by atoms with Gasteiger partial charge in [0, 0.05) is 19.3 Å². The molecule has 2 heterocycles. The predicted octanol–water partition coefficient (Wildman–Crippen LogP) is 2.87. The van der Waals surface area contributed by atoms with E-state index in [4.69, 9.17) is 0 Å². The van der Waals surface area contributed by atoms with Gasteiger partial charge in [-0.15, -0.1) is 0 Å². The highest BCUT2D eigenvalue weighted by atomic mass is 16.2. The Hall–Kier alpha value is -2.30. The molecule has 24 heavy (non-hydrogen) atoms. The maximum atomic E-state index is 12.3. The van der Waals surface area contributed by atoms with Crippen LogP contribution in [0.25, 0.3) is 0 Å². The van der Waals surface area contributed by atoms with Crippen LogP contribution in [0.15, 0.2) is 42.6 Å². The number of rotatable bonds is 4. The summed E-state index contributed by atoms with van der Waals surface area (Å²) < 4.78 is 1.91. The summed E-state index contributed by atoms with van der Waals surface area (Å²) in [5.74, 6) is 1.47. The molecule has 1 N–H and O–H groups in total. The van der Waals surface area contributed by atoms with Crippen molar-refractivity contribution in [3.05, 3.63) is 53.9 Å². The van der Waals surface area contributed by atoms with E-state index in [1.165, 1.54) is 24.8 Å². The minimum Gasteiger partial charge on any atom is -0.332 e. The zero-order valence-electron chi connectivity index (χ0n) is 13.9. The molecule has 1 saturated heterocycles. The van der Waals surface area contributed by atoms with Gasteiger partial charge in [-0.25, -0.2) is 4.79 Å². The van der Waals surface area contributed by atoms with Gasteiger partial charge >= 0.3 is 6.03 Å². The maximum Gasteiger partial charge on any atom is 0.317 e. The fourth-order valence-corrected chi connectivity index (χ4v) is 4.04. The minimum absolute atomic E-state index is 0.0574. The van der Waals surface area contributed by atoms with E-state index >= 15 is 0 Å². The Morgan fingerprint density at radius 2 is 1.88 bits per heavy atom. The van der Waals surface area contributed by atoms with Crippen LogP contribution in [0, 0.1) is 11.8 Å². The summed E-state index contributed by atoms with van der Waals surface area (Å²) in [5, 5.41) is 7.56. The van der Waals surface area contributed by atoms with Crippen LogP contribution in [0.2, 0.25) is 0 Å². The number of hydrogen-bond acceptors (Lipinski definition) is 2. The van der Waals surface area contributed by atoms with Crippen molar-refractivity contribution in [2.45, 2.75) is 32.4 Å². The van der Waals surface area contributed by atoms with Gasteiger partial charge in [-0.2, -0.15) is 5.10 Å². The number of amides is 2. The molecule has 2 aromatic rings. The molecule has 0 radical (unpaired) electrons. The molecule has 1 aliphatic carbocycles. The van der Waals surface area contributed by atoms with Crippen LogP contribution in [0.5, 0.6) is 0 Å². The highest BCUT2D eigenvalue weighted by Gasteiger charge is 2.37. The first-order valence-electron chi connectivity index (χ1n) is 8.87. The van der Waals surface area contributed by atoms with E-state index in [0.717, 1.165) is 37.2 Å². The summed E-state index contributed by atoms with van der Waals surface area (Å²) in [7, 11) is 0. The van der Waals surface area contributed by atoms with Gasteiger partial charge in [-0.05, 0) is 36.3 Å². The molecular weight excluding hydrogens is 300 g/mol. The number of nitrogens with zero attached hydrogens (tertiary/aromatic N) is 3. The number of urea groups is 1. The van der Waals surface area contributed by atoms with Crippen molar-refractivity contribution >= 4 is 6.03 Å². The molecule has 5 heteroatoms. The number of aromatic nitrogens is 2. The summed E-state index contributed by atoms with van der Waals surface area (Å²) in [6, 6.07) is 12.3. The van der Waals surface area contributed by atoms with Gasteiger partial charge in [0.05, 0.1) is 18.8 Å². The van der Waals surface area contributed by atoms with Crippen LogP contribution in [0.1, 0.15) is 30.5 Å². The standard InChI is InChI=1S/C19H24N4O/c24-19(22-13-16-7-4-8-17(16)14-22)20-11-18-9-10-23(21-18)12-15-5-2-1-3-6-15/h1-3,5-6,9-10,16-17H,4,7-8,11-14H2,(H,20,24)/t16-,17+. The van der Waals surface area contributed by atoms with Crippen LogP contribution in [0.4, 0.5) is 4.79 Å². The molecule has 5 nitrogen and oxygen atoms in total. The van der Waals surface area contributed by atoms with Crippen molar-refractivity contribution in [1.29, 1.82) is 0 Å². The first kappa shape index (κ1) is 15.2. The first-order chi connectivity index (χ1) is 11.8. The second-order valence-corrected chi connectivity index (χ2v) is 7.01. The lowest BCUT2D eigenvalue weighted by Gasteiger charge is -2.17. The van der Waals surface area contributed by atoms with E-state index in [1.807, 2.05) is 40.0 Å². The third-order valence-corrected chi connectivity index (χ3v) is 5.32. The van der Waals surface area contributed by atoms with Gasteiger partial charge in [0.2, 0.25) is 0 Å². The summed E-state index contributed by atoms with van der Waals surface area (Å²) in [6.07, 6.45) is 5.88. The molecule has 2 amide bonds. The lowest BCUT2D eigenvalue weighted by Crippen LogP contribution is -2.38. The van der Waals surface area contributed by atoms with E-state index in [2.05, 4.69) is 22.5 Å². The molecule has 2 aliphatic rings. The predicted molar refractivity (Wildman–Crippen MR) is 92.4 cm³/mol. The van der Waals surface area contributed by atoms with E-state index in [0.29, 0.717) is 6.54 Å². The average molecular weight is 324 g/mol. The zero-order chi connectivity index (χ0) is 16.4. The summed E-state index contributed by atoms with van der Waals surface area (Å²) in [4.78, 5) is 14.3. The van der Waals surface area contributed by atoms with Crippen molar-refractivity contribution in [2.24, 2.45) is 11.8 Å². The molecule has 0 spiro atoms. The average Bonchev–Trinajstić information content (AvgIpc) is 3.29. The summed E-state index contributed by atoms with van der Waals surface area (Å²) in [6.45, 7) is 3.11. The smallest absolute Gasteiger partial charge is 0.317 e. The van der Waals surface area contributed by atoms with Gasteiger partial charge in [0.15, 0.2) is 0 Å². The molecular formula is C19H24N4O. The number of carbonyl (C=O) groups is 1. The van der Waals surface area contributed by atoms with Crippen molar-refractivity contribution in [3.8, 4) is 0 Å². The maximum absolute atomic E-state index is 12.3. The summed E-state index contributed by atoms with van der Waals surface area (Å²) >= 11 is 0. The van der Waals surface area contributed by atoms with Crippen LogP contribution < -0.4 is 5.32 Å². The van der Waals surface area contributed by atoms with Crippen molar-refractivity contribution in [3.63, 3.8) is 0 Å². The zero-order valence-corrected chi connectivity index (χ0v) is 13.9. The second kappa shape index (κ2) is 6.67.